The van der Waals surface area contributed by atoms with Gasteiger partial charge in [-0.2, -0.15) is 0 Å². The van der Waals surface area contributed by atoms with Crippen LogP contribution in [0.3, 0.4) is 0 Å². The summed E-state index contributed by atoms with van der Waals surface area (Å²) in [4.78, 5) is 28.5. The Bertz CT molecular complexity index is 1220. The van der Waals surface area contributed by atoms with Gasteiger partial charge in [-0.1, -0.05) is 48.5 Å². The van der Waals surface area contributed by atoms with Crippen molar-refractivity contribution in [3.63, 3.8) is 0 Å². The minimum Gasteiger partial charge on any atom is -0.495 e. The van der Waals surface area contributed by atoms with Crippen molar-refractivity contribution >= 4 is 12.1 Å². The molecule has 1 heterocycles. The molecular weight excluding hydrogens is 376 g/mol. The lowest BCUT2D eigenvalue weighted by molar-refractivity contribution is 0.103. The molecule has 0 atom stereocenters. The third-order valence-corrected chi connectivity index (χ3v) is 4.96. The van der Waals surface area contributed by atoms with E-state index in [1.807, 2.05) is 60.2 Å². The van der Waals surface area contributed by atoms with E-state index in [1.165, 1.54) is 0 Å². The number of aldehydes is 1. The quantitative estimate of drug-likeness (QED) is 0.344. The molecule has 4 rings (SSSR count). The molecule has 1 aromatic heterocycles. The highest BCUT2D eigenvalue weighted by Gasteiger charge is 2.17. The lowest BCUT2D eigenvalue weighted by Gasteiger charge is -2.13. The maximum absolute atomic E-state index is 13.4. The van der Waals surface area contributed by atoms with E-state index in [1.54, 1.807) is 37.7 Å². The van der Waals surface area contributed by atoms with Crippen LogP contribution >= 0.6 is 0 Å². The molecule has 0 radical (unpaired) electrons. The average Bonchev–Trinajstić information content (AvgIpc) is 3.24. The van der Waals surface area contributed by atoms with Crippen molar-refractivity contribution in [2.45, 2.75) is 6.92 Å². The first-order chi connectivity index (χ1) is 14.6. The number of ether oxygens (including phenoxy) is 1. The number of aryl methyl sites for hydroxylation is 1. The number of carbonyl (C=O) groups excluding carboxylic acids is 2. The SMILES string of the molecule is COc1cc(C(=O)c2ccccc2-c2ccc(C=O)cc2)ccc1-n1cnc(C)c1. The fraction of sp³-hybridized carbons (Fsp3) is 0.0800. The smallest absolute Gasteiger partial charge is 0.193 e. The van der Waals surface area contributed by atoms with Gasteiger partial charge in [-0.3, -0.25) is 9.59 Å². The van der Waals surface area contributed by atoms with Crippen molar-refractivity contribution in [2.75, 3.05) is 7.11 Å². The van der Waals surface area contributed by atoms with E-state index < -0.39 is 0 Å². The molecule has 0 bridgehead atoms. The Morgan fingerprint density at radius 1 is 1.03 bits per heavy atom. The molecule has 3 aromatic carbocycles. The largest absolute Gasteiger partial charge is 0.495 e. The van der Waals surface area contributed by atoms with Gasteiger partial charge in [0.2, 0.25) is 0 Å². The van der Waals surface area contributed by atoms with Gasteiger partial charge in [-0.15, -0.1) is 0 Å². The van der Waals surface area contributed by atoms with E-state index in [4.69, 9.17) is 4.74 Å². The molecule has 0 aliphatic rings. The summed E-state index contributed by atoms with van der Waals surface area (Å²) in [5, 5.41) is 0. The van der Waals surface area contributed by atoms with Gasteiger partial charge in [-0.25, -0.2) is 4.98 Å². The first-order valence-electron chi connectivity index (χ1n) is 9.49. The molecule has 0 aliphatic heterocycles. The Morgan fingerprint density at radius 3 is 2.47 bits per heavy atom. The maximum Gasteiger partial charge on any atom is 0.193 e. The Hall–Kier alpha value is -3.99. The maximum atomic E-state index is 13.4. The van der Waals surface area contributed by atoms with Crippen LogP contribution in [0.15, 0.2) is 79.3 Å². The molecule has 30 heavy (non-hydrogen) atoms. The number of methoxy groups -OCH3 is 1. The van der Waals surface area contributed by atoms with Crippen LogP contribution in [0.25, 0.3) is 16.8 Å². The van der Waals surface area contributed by atoms with E-state index in [2.05, 4.69) is 4.98 Å². The van der Waals surface area contributed by atoms with Gasteiger partial charge in [0.15, 0.2) is 5.78 Å². The third kappa shape index (κ3) is 3.65. The fourth-order valence-corrected chi connectivity index (χ4v) is 3.41. The molecule has 148 valence electrons. The van der Waals surface area contributed by atoms with Gasteiger partial charge < -0.3 is 9.30 Å². The van der Waals surface area contributed by atoms with E-state index in [-0.39, 0.29) is 5.78 Å². The Kier molecular flexibility index (Phi) is 5.26. The molecule has 0 aliphatic carbocycles. The summed E-state index contributed by atoms with van der Waals surface area (Å²) in [5.41, 5.74) is 5.11. The molecule has 4 aromatic rings. The molecule has 0 saturated carbocycles. The average molecular weight is 396 g/mol. The highest BCUT2D eigenvalue weighted by Crippen LogP contribution is 2.29. The van der Waals surface area contributed by atoms with E-state index >= 15 is 0 Å². The second-order valence-electron chi connectivity index (χ2n) is 6.92. The summed E-state index contributed by atoms with van der Waals surface area (Å²) in [6.45, 7) is 1.92. The Balaban J connectivity index is 1.74. The number of ketones is 1. The lowest BCUT2D eigenvalue weighted by Crippen LogP contribution is -2.05. The van der Waals surface area contributed by atoms with Crippen molar-refractivity contribution in [1.82, 2.24) is 9.55 Å². The van der Waals surface area contributed by atoms with Crippen molar-refractivity contribution in [3.8, 4) is 22.6 Å². The predicted octanol–water partition coefficient (Wildman–Crippen LogP) is 4.90. The van der Waals surface area contributed by atoms with Crippen LogP contribution in [0.2, 0.25) is 0 Å². The summed E-state index contributed by atoms with van der Waals surface area (Å²) in [6.07, 6.45) is 4.42. The second-order valence-corrected chi connectivity index (χ2v) is 6.92. The molecule has 0 fully saturated rings. The van der Waals surface area contributed by atoms with Crippen LogP contribution in [0.4, 0.5) is 0 Å². The molecule has 5 nitrogen and oxygen atoms in total. The second kappa shape index (κ2) is 8.17. The van der Waals surface area contributed by atoms with Crippen molar-refractivity contribution in [2.24, 2.45) is 0 Å². The molecular formula is C25H20N2O3. The van der Waals surface area contributed by atoms with Gasteiger partial charge in [0.05, 0.1) is 24.8 Å². The predicted molar refractivity (Wildman–Crippen MR) is 116 cm³/mol. The number of rotatable bonds is 6. The zero-order valence-electron chi connectivity index (χ0n) is 16.7. The normalized spacial score (nSPS) is 10.6. The zero-order chi connectivity index (χ0) is 21.1. The molecule has 0 spiro atoms. The summed E-state index contributed by atoms with van der Waals surface area (Å²) >= 11 is 0. The van der Waals surface area contributed by atoms with Crippen molar-refractivity contribution in [1.29, 1.82) is 0 Å². The summed E-state index contributed by atoms with van der Waals surface area (Å²) < 4.78 is 7.41. The number of nitrogens with zero attached hydrogens (tertiary/aromatic N) is 2. The van der Waals surface area contributed by atoms with Crippen LogP contribution in [-0.4, -0.2) is 28.7 Å². The zero-order valence-corrected chi connectivity index (χ0v) is 16.7. The van der Waals surface area contributed by atoms with Gasteiger partial charge in [0, 0.05) is 22.9 Å². The Labute approximate surface area is 174 Å². The highest BCUT2D eigenvalue weighted by molar-refractivity contribution is 6.13. The minimum absolute atomic E-state index is 0.100. The fourth-order valence-electron chi connectivity index (χ4n) is 3.41. The summed E-state index contributed by atoms with van der Waals surface area (Å²) in [7, 11) is 1.58. The van der Waals surface area contributed by atoms with Crippen LogP contribution in [0, 0.1) is 6.92 Å². The lowest BCUT2D eigenvalue weighted by atomic mass is 9.93. The first kappa shape index (κ1) is 19.3. The van der Waals surface area contributed by atoms with Gasteiger partial charge in [-0.05, 0) is 36.2 Å². The molecule has 0 unspecified atom stereocenters. The summed E-state index contributed by atoms with van der Waals surface area (Å²) in [6, 6.07) is 20.0. The van der Waals surface area contributed by atoms with Crippen LogP contribution in [-0.2, 0) is 0 Å². The van der Waals surface area contributed by atoms with E-state index in [9.17, 15) is 9.59 Å². The van der Waals surface area contributed by atoms with Crippen LogP contribution in [0.5, 0.6) is 5.75 Å². The number of hydrogen-bond acceptors (Lipinski definition) is 4. The van der Waals surface area contributed by atoms with E-state index in [0.717, 1.165) is 28.8 Å². The van der Waals surface area contributed by atoms with Crippen molar-refractivity contribution < 1.29 is 14.3 Å². The minimum atomic E-state index is -0.100. The highest BCUT2D eigenvalue weighted by atomic mass is 16.5. The number of hydrogen-bond donors (Lipinski definition) is 0. The van der Waals surface area contributed by atoms with Crippen molar-refractivity contribution in [3.05, 3.63) is 102 Å². The summed E-state index contributed by atoms with van der Waals surface area (Å²) in [5.74, 6) is 0.489. The van der Waals surface area contributed by atoms with Crippen LogP contribution in [0.1, 0.15) is 32.0 Å². The van der Waals surface area contributed by atoms with Gasteiger partial charge in [0.1, 0.15) is 12.0 Å². The third-order valence-electron chi connectivity index (χ3n) is 4.96. The van der Waals surface area contributed by atoms with Gasteiger partial charge >= 0.3 is 0 Å². The number of carbonyl (C=O) groups is 2. The molecule has 0 N–H and O–H groups in total. The first-order valence-corrected chi connectivity index (χ1v) is 9.49. The number of imidazole rings is 1. The Morgan fingerprint density at radius 2 is 1.80 bits per heavy atom. The molecule has 0 amide bonds. The number of aromatic nitrogens is 2. The standard InChI is InChI=1S/C25H20N2O3/c1-17-14-27(16-26-17)23-12-11-20(13-24(23)30-2)25(29)22-6-4-3-5-21(22)19-9-7-18(15-28)8-10-19/h3-16H,1-2H3. The van der Waals surface area contributed by atoms with E-state index in [0.29, 0.717) is 22.4 Å². The monoisotopic (exact) mass is 396 g/mol. The topological polar surface area (TPSA) is 61.2 Å². The van der Waals surface area contributed by atoms with Gasteiger partial charge in [0.25, 0.3) is 0 Å². The number of benzene rings is 3. The van der Waals surface area contributed by atoms with Crippen LogP contribution < -0.4 is 4.74 Å². The molecule has 0 saturated heterocycles. The molecule has 5 heteroatoms.